The molecule has 5 rings (SSSR count). The normalized spacial score (nSPS) is 19.9. The summed E-state index contributed by atoms with van der Waals surface area (Å²) in [5.74, 6) is -1.57. The van der Waals surface area contributed by atoms with Crippen molar-refractivity contribution >= 4 is 50.0 Å². The minimum atomic E-state index is -4.08. The first-order valence-corrected chi connectivity index (χ1v) is 13.9. The topological polar surface area (TPSA) is 111 Å². The van der Waals surface area contributed by atoms with Crippen LogP contribution in [-0.2, 0) is 19.6 Å². The number of carboxylic acids is 1. The van der Waals surface area contributed by atoms with E-state index in [9.17, 15) is 23.1 Å². The molecule has 0 spiro atoms. The molecule has 1 atom stereocenters. The van der Waals surface area contributed by atoms with Crippen LogP contribution in [0.25, 0.3) is 10.8 Å². The van der Waals surface area contributed by atoms with Gasteiger partial charge in [0.2, 0.25) is 15.9 Å². The van der Waals surface area contributed by atoms with E-state index >= 15 is 0 Å². The number of amides is 1. The van der Waals surface area contributed by atoms with E-state index in [0.717, 1.165) is 41.3 Å². The fourth-order valence-corrected chi connectivity index (χ4v) is 6.72. The molecule has 9 nitrogen and oxygen atoms in total. The Morgan fingerprint density at radius 1 is 1.03 bits per heavy atom. The Morgan fingerprint density at radius 2 is 1.70 bits per heavy atom. The van der Waals surface area contributed by atoms with Gasteiger partial charge in [0.1, 0.15) is 6.04 Å². The van der Waals surface area contributed by atoms with Crippen LogP contribution >= 0.6 is 11.6 Å². The first kappa shape index (κ1) is 25.4. The average molecular weight is 543 g/mol. The molecule has 2 saturated heterocycles. The van der Waals surface area contributed by atoms with Crippen molar-refractivity contribution in [2.24, 2.45) is 5.92 Å². The van der Waals surface area contributed by atoms with Crippen LogP contribution in [0.1, 0.15) is 12.8 Å². The summed E-state index contributed by atoms with van der Waals surface area (Å²) in [7, 11) is -4.08. The van der Waals surface area contributed by atoms with Crippen molar-refractivity contribution in [3.63, 3.8) is 0 Å². The van der Waals surface area contributed by atoms with Gasteiger partial charge in [-0.25, -0.2) is 13.2 Å². The second-order valence-electron chi connectivity index (χ2n) is 9.49. The summed E-state index contributed by atoms with van der Waals surface area (Å²) in [5.41, 5.74) is 1.09. The molecule has 1 N–H and O–H groups in total. The van der Waals surface area contributed by atoms with Crippen LogP contribution in [0.2, 0.25) is 5.02 Å². The number of benzene rings is 2. The molecule has 0 bridgehead atoms. The van der Waals surface area contributed by atoms with Crippen LogP contribution < -0.4 is 4.90 Å². The number of carbonyl (C=O) groups is 2. The van der Waals surface area contributed by atoms with Crippen LogP contribution in [0, 0.1) is 5.92 Å². The molecule has 3 aromatic rings. The number of piperidine rings is 1. The number of pyridine rings is 1. The zero-order chi connectivity index (χ0) is 26.2. The molecule has 2 aliphatic heterocycles. The number of sulfonamides is 1. The van der Waals surface area contributed by atoms with Gasteiger partial charge >= 0.3 is 5.97 Å². The number of carboxylic acid groups (broad SMARTS) is 1. The number of hydrogen-bond donors (Lipinski definition) is 1. The highest BCUT2D eigenvalue weighted by Gasteiger charge is 2.42. The first-order valence-electron chi connectivity index (χ1n) is 12.1. The van der Waals surface area contributed by atoms with Gasteiger partial charge in [-0.2, -0.15) is 4.31 Å². The molecule has 0 aliphatic carbocycles. The maximum Gasteiger partial charge on any atom is 0.327 e. The van der Waals surface area contributed by atoms with E-state index in [2.05, 4.69) is 9.88 Å². The molecule has 1 aromatic heterocycles. The molecule has 0 saturated carbocycles. The van der Waals surface area contributed by atoms with E-state index in [0.29, 0.717) is 17.0 Å². The summed E-state index contributed by atoms with van der Waals surface area (Å²) in [6.07, 6.45) is 5.11. The van der Waals surface area contributed by atoms with Crippen LogP contribution in [0.4, 0.5) is 5.69 Å². The third kappa shape index (κ3) is 5.27. The number of aromatic nitrogens is 1. The van der Waals surface area contributed by atoms with E-state index in [1.165, 1.54) is 17.0 Å². The second kappa shape index (κ2) is 10.3. The third-order valence-electron chi connectivity index (χ3n) is 7.18. The Bertz CT molecular complexity index is 1430. The molecule has 2 aromatic carbocycles. The number of carbonyl (C=O) groups excluding carboxylic acids is 1. The number of hydrogen-bond acceptors (Lipinski definition) is 6. The number of aliphatic carboxylic acids is 1. The number of nitrogens with zero attached hydrogens (tertiary/aromatic N) is 4. The van der Waals surface area contributed by atoms with E-state index in [1.54, 1.807) is 36.7 Å². The second-order valence-corrected chi connectivity index (χ2v) is 11.9. The third-order valence-corrected chi connectivity index (χ3v) is 9.22. The van der Waals surface area contributed by atoms with Crippen molar-refractivity contribution in [1.29, 1.82) is 0 Å². The van der Waals surface area contributed by atoms with Crippen molar-refractivity contribution in [3.05, 3.63) is 65.9 Å². The van der Waals surface area contributed by atoms with Crippen molar-refractivity contribution in [1.82, 2.24) is 14.2 Å². The lowest BCUT2D eigenvalue weighted by Gasteiger charge is -2.41. The van der Waals surface area contributed by atoms with Crippen LogP contribution in [0.15, 0.2) is 65.8 Å². The summed E-state index contributed by atoms with van der Waals surface area (Å²) in [6.45, 7) is 1.20. The highest BCUT2D eigenvalue weighted by Crippen LogP contribution is 2.28. The molecule has 0 radical (unpaired) electrons. The largest absolute Gasteiger partial charge is 0.480 e. The molecule has 2 fully saturated rings. The van der Waals surface area contributed by atoms with Gasteiger partial charge in [0.05, 0.1) is 11.4 Å². The van der Waals surface area contributed by atoms with E-state index in [-0.39, 0.29) is 23.9 Å². The van der Waals surface area contributed by atoms with Gasteiger partial charge < -0.3 is 14.9 Å². The summed E-state index contributed by atoms with van der Waals surface area (Å²) >= 11 is 6.02. The van der Waals surface area contributed by atoms with E-state index in [4.69, 9.17) is 11.6 Å². The number of anilines is 1. The lowest BCUT2D eigenvalue weighted by molar-refractivity contribution is -0.154. The Morgan fingerprint density at radius 3 is 2.41 bits per heavy atom. The van der Waals surface area contributed by atoms with Gasteiger partial charge in [0.25, 0.3) is 0 Å². The quantitative estimate of drug-likeness (QED) is 0.509. The van der Waals surface area contributed by atoms with Gasteiger partial charge in [-0.1, -0.05) is 23.7 Å². The Balaban J connectivity index is 1.29. The number of rotatable bonds is 6. The van der Waals surface area contributed by atoms with Crippen molar-refractivity contribution in [3.8, 4) is 0 Å². The van der Waals surface area contributed by atoms with Gasteiger partial charge in [-0.15, -0.1) is 0 Å². The summed E-state index contributed by atoms with van der Waals surface area (Å²) < 4.78 is 27.8. The molecule has 2 aliphatic rings. The Hall–Kier alpha value is -3.21. The van der Waals surface area contributed by atoms with Crippen molar-refractivity contribution < 1.29 is 23.1 Å². The van der Waals surface area contributed by atoms with Crippen molar-refractivity contribution in [2.45, 2.75) is 23.8 Å². The number of halogens is 1. The predicted molar refractivity (Wildman–Crippen MR) is 140 cm³/mol. The Kier molecular flexibility index (Phi) is 7.06. The summed E-state index contributed by atoms with van der Waals surface area (Å²) in [5, 5.41) is 11.9. The molecule has 37 heavy (non-hydrogen) atoms. The lowest BCUT2D eigenvalue weighted by atomic mass is 9.94. The maximum atomic E-state index is 13.4. The van der Waals surface area contributed by atoms with Gasteiger partial charge in [0.15, 0.2) is 0 Å². The van der Waals surface area contributed by atoms with E-state index in [1.807, 2.05) is 12.1 Å². The minimum absolute atomic E-state index is 0.0104. The SMILES string of the molecule is O=C(O)[C@@H]1CN(S(=O)(=O)c2ccc3cc(Cl)ccc3c2)CC(=O)N1CC1CCN(c2ccncc2)CC1. The van der Waals surface area contributed by atoms with Crippen LogP contribution in [0.5, 0.6) is 0 Å². The highest BCUT2D eigenvalue weighted by atomic mass is 35.5. The summed E-state index contributed by atoms with van der Waals surface area (Å²) in [6, 6.07) is 12.4. The van der Waals surface area contributed by atoms with Gasteiger partial charge in [-0.3, -0.25) is 9.78 Å². The standard InChI is InChI=1S/C26H27ClN4O5S/c27-21-3-1-20-14-23(4-2-19(20)13-21)37(35,36)30-16-24(26(33)34)31(25(32)17-30)15-18-7-11-29(12-8-18)22-5-9-28-10-6-22/h1-6,9-10,13-14,18,24H,7-8,11-12,15-17H2,(H,33,34)/t24-/m0/s1. The van der Waals surface area contributed by atoms with Crippen molar-refractivity contribution in [2.75, 3.05) is 37.6 Å². The lowest BCUT2D eigenvalue weighted by Crippen LogP contribution is -2.61. The average Bonchev–Trinajstić information content (AvgIpc) is 2.90. The molecular formula is C26H27ClN4O5S. The fraction of sp³-hybridized carbons (Fsp3) is 0.346. The van der Waals surface area contributed by atoms with E-state index < -0.39 is 27.9 Å². The molecule has 3 heterocycles. The monoisotopic (exact) mass is 542 g/mol. The summed E-state index contributed by atoms with van der Waals surface area (Å²) in [4.78, 5) is 32.9. The number of fused-ring (bicyclic) bond motifs is 1. The smallest absolute Gasteiger partial charge is 0.327 e. The van der Waals surface area contributed by atoms with Gasteiger partial charge in [-0.05, 0) is 65.9 Å². The molecule has 1 amide bonds. The zero-order valence-corrected chi connectivity index (χ0v) is 21.6. The van der Waals surface area contributed by atoms with Gasteiger partial charge in [0, 0.05) is 49.3 Å². The zero-order valence-electron chi connectivity index (χ0n) is 20.0. The first-order chi connectivity index (χ1) is 17.7. The number of piperazine rings is 1. The molecule has 0 unspecified atom stereocenters. The highest BCUT2D eigenvalue weighted by molar-refractivity contribution is 7.89. The van der Waals surface area contributed by atoms with Crippen LogP contribution in [-0.4, -0.2) is 78.4 Å². The maximum absolute atomic E-state index is 13.4. The predicted octanol–water partition coefficient (Wildman–Crippen LogP) is 3.09. The minimum Gasteiger partial charge on any atom is -0.480 e. The van der Waals surface area contributed by atoms with Crippen LogP contribution in [0.3, 0.4) is 0 Å². The Labute approximate surface area is 220 Å². The molecule has 194 valence electrons. The molecular weight excluding hydrogens is 516 g/mol. The molecule has 11 heteroatoms. The fourth-order valence-electron chi connectivity index (χ4n) is 5.11.